The van der Waals surface area contributed by atoms with Crippen LogP contribution in [0.15, 0.2) is 170 Å². The summed E-state index contributed by atoms with van der Waals surface area (Å²) >= 11 is 0. The van der Waals surface area contributed by atoms with Crippen LogP contribution in [-0.4, -0.2) is 62.7 Å². The zero-order valence-electron chi connectivity index (χ0n) is 36.2. The Hall–Kier alpha value is -6.16. The minimum absolute atomic E-state index is 0.0105. The van der Waals surface area contributed by atoms with E-state index in [4.69, 9.17) is 23.7 Å². The van der Waals surface area contributed by atoms with Gasteiger partial charge in [0.1, 0.15) is 24.7 Å². The molecule has 7 rings (SSSR count). The van der Waals surface area contributed by atoms with Crippen molar-refractivity contribution in [2.24, 2.45) is 0 Å². The summed E-state index contributed by atoms with van der Waals surface area (Å²) in [6.45, 7) is 6.55. The standard InChI is InChI=1S/C56H58N2O5/c1-2-4-22-36-61-46-54(50-29-15-8-16-30-50)58(42-48-25-11-6-12-26-48)44-52-32-18-20-34-56(52)63-40-38-59-37-39-62-55-33-19-17-31-51(55)43-57(41-47-23-9-5-10-24-47)53(45-60-35-21-3-1)49-27-13-7-14-28-49/h5-20,23-34,53-54H,21-22,35-46H2/t53-,54-/m1/s1. The lowest BCUT2D eigenvalue weighted by Gasteiger charge is -2.33. The van der Waals surface area contributed by atoms with Gasteiger partial charge in [-0.25, -0.2) is 0 Å². The highest BCUT2D eigenvalue weighted by Crippen LogP contribution is 2.31. The molecule has 0 bridgehead atoms. The van der Waals surface area contributed by atoms with Gasteiger partial charge in [-0.05, 0) is 46.2 Å². The van der Waals surface area contributed by atoms with E-state index >= 15 is 0 Å². The van der Waals surface area contributed by atoms with Gasteiger partial charge in [0.15, 0.2) is 0 Å². The van der Waals surface area contributed by atoms with Gasteiger partial charge >= 0.3 is 0 Å². The van der Waals surface area contributed by atoms with Crippen LogP contribution in [0.4, 0.5) is 0 Å². The van der Waals surface area contributed by atoms with Crippen LogP contribution in [0.5, 0.6) is 11.5 Å². The maximum Gasteiger partial charge on any atom is 0.123 e. The summed E-state index contributed by atoms with van der Waals surface area (Å²) in [5.41, 5.74) is 7.05. The fourth-order valence-corrected chi connectivity index (χ4v) is 7.72. The summed E-state index contributed by atoms with van der Waals surface area (Å²) in [6, 6.07) is 59.0. The Morgan fingerprint density at radius 2 is 0.778 bits per heavy atom. The largest absolute Gasteiger partial charge is 0.491 e. The van der Waals surface area contributed by atoms with Gasteiger partial charge in [-0.2, -0.15) is 0 Å². The molecule has 63 heavy (non-hydrogen) atoms. The van der Waals surface area contributed by atoms with Gasteiger partial charge in [0, 0.05) is 50.1 Å². The first-order valence-electron chi connectivity index (χ1n) is 22.1. The second-order valence-corrected chi connectivity index (χ2v) is 15.4. The number of para-hydroxylation sites is 2. The van der Waals surface area contributed by atoms with Gasteiger partial charge in [-0.15, -0.1) is 0 Å². The molecule has 0 N–H and O–H groups in total. The highest BCUT2D eigenvalue weighted by molar-refractivity contribution is 5.35. The van der Waals surface area contributed by atoms with E-state index in [1.807, 2.05) is 24.3 Å². The van der Waals surface area contributed by atoms with Crippen LogP contribution in [0.1, 0.15) is 58.3 Å². The highest BCUT2D eigenvalue weighted by atomic mass is 16.5. The van der Waals surface area contributed by atoms with E-state index in [1.54, 1.807) is 0 Å². The average molecular weight is 839 g/mol. The third-order valence-corrected chi connectivity index (χ3v) is 10.9. The van der Waals surface area contributed by atoms with E-state index in [0.717, 1.165) is 35.7 Å². The van der Waals surface area contributed by atoms with Crippen LogP contribution in [0.3, 0.4) is 0 Å². The minimum atomic E-state index is -0.0105. The predicted octanol–water partition coefficient (Wildman–Crippen LogP) is 10.5. The van der Waals surface area contributed by atoms with E-state index in [0.29, 0.717) is 78.8 Å². The van der Waals surface area contributed by atoms with Crippen LogP contribution >= 0.6 is 0 Å². The van der Waals surface area contributed by atoms with Crippen molar-refractivity contribution in [1.82, 2.24) is 9.80 Å². The van der Waals surface area contributed by atoms with Crippen LogP contribution in [0, 0.1) is 23.7 Å². The quantitative estimate of drug-likeness (QED) is 0.155. The van der Waals surface area contributed by atoms with E-state index in [1.165, 1.54) is 22.3 Å². The molecule has 0 spiro atoms. The molecule has 0 unspecified atom stereocenters. The first-order chi connectivity index (χ1) is 31.3. The van der Waals surface area contributed by atoms with Crippen LogP contribution < -0.4 is 9.47 Å². The van der Waals surface area contributed by atoms with Crippen LogP contribution in [0.25, 0.3) is 0 Å². The fourth-order valence-electron chi connectivity index (χ4n) is 7.72. The normalized spacial score (nSPS) is 18.1. The molecule has 0 radical (unpaired) electrons. The minimum Gasteiger partial charge on any atom is -0.491 e. The molecule has 0 saturated carbocycles. The summed E-state index contributed by atoms with van der Waals surface area (Å²) in [6.07, 6.45) is 1.18. The van der Waals surface area contributed by atoms with Crippen molar-refractivity contribution in [3.05, 3.63) is 203 Å². The first-order valence-corrected chi connectivity index (χ1v) is 22.1. The molecule has 7 nitrogen and oxygen atoms in total. The van der Waals surface area contributed by atoms with Crippen molar-refractivity contribution in [2.45, 2.75) is 51.1 Å². The molecule has 7 heteroatoms. The van der Waals surface area contributed by atoms with Gasteiger partial charge in [-0.1, -0.05) is 170 Å². The molecule has 0 amide bonds. The second kappa shape index (κ2) is 25.7. The summed E-state index contributed by atoms with van der Waals surface area (Å²) in [5.74, 6) is 14.2. The molecule has 2 atom stereocenters. The molecule has 0 saturated heterocycles. The van der Waals surface area contributed by atoms with Gasteiger partial charge in [-0.3, -0.25) is 9.80 Å². The Labute approximate surface area is 374 Å². The van der Waals surface area contributed by atoms with E-state index in [2.05, 4.69) is 179 Å². The van der Waals surface area contributed by atoms with Gasteiger partial charge in [0.2, 0.25) is 0 Å². The van der Waals surface area contributed by atoms with E-state index < -0.39 is 0 Å². The van der Waals surface area contributed by atoms with Crippen molar-refractivity contribution in [2.75, 3.05) is 52.9 Å². The Morgan fingerprint density at radius 3 is 1.21 bits per heavy atom. The lowest BCUT2D eigenvalue weighted by molar-refractivity contribution is 0.0515. The maximum atomic E-state index is 6.41. The third kappa shape index (κ3) is 14.7. The maximum absolute atomic E-state index is 6.41. The van der Waals surface area contributed by atoms with Crippen molar-refractivity contribution in [3.8, 4) is 35.2 Å². The van der Waals surface area contributed by atoms with Crippen molar-refractivity contribution >= 4 is 0 Å². The lowest BCUT2D eigenvalue weighted by atomic mass is 10.0. The number of ether oxygens (including phenoxy) is 5. The number of rotatable bonds is 6. The number of fused-ring (bicyclic) bond motifs is 2. The second-order valence-electron chi connectivity index (χ2n) is 15.4. The SMILES string of the molecule is C1#CCCOC[C@H](c2ccccc2)N(Cc2ccccc2)Cc2ccccc2OCCOCCOc2ccccc2CN(Cc2ccccc2)[C@@H](c2ccccc2)COCCC#C1. The van der Waals surface area contributed by atoms with Crippen molar-refractivity contribution in [3.63, 3.8) is 0 Å². The van der Waals surface area contributed by atoms with Crippen molar-refractivity contribution < 1.29 is 23.7 Å². The molecule has 1 heterocycles. The zero-order chi connectivity index (χ0) is 43.0. The molecular weight excluding hydrogens is 781 g/mol. The lowest BCUT2D eigenvalue weighted by Crippen LogP contribution is -2.31. The van der Waals surface area contributed by atoms with Gasteiger partial charge in [0.05, 0.1) is 51.7 Å². The Morgan fingerprint density at radius 1 is 0.397 bits per heavy atom. The summed E-state index contributed by atoms with van der Waals surface area (Å²) < 4.78 is 31.7. The summed E-state index contributed by atoms with van der Waals surface area (Å²) in [5, 5.41) is 0. The number of hydrogen-bond acceptors (Lipinski definition) is 7. The monoisotopic (exact) mass is 838 g/mol. The van der Waals surface area contributed by atoms with Gasteiger partial charge < -0.3 is 23.7 Å². The molecule has 0 aliphatic carbocycles. The number of nitrogens with zero attached hydrogens (tertiary/aromatic N) is 2. The Bertz CT molecular complexity index is 2170. The molecular formula is C56H58N2O5. The molecule has 322 valence electrons. The third-order valence-electron chi connectivity index (χ3n) is 10.9. The molecule has 0 aromatic heterocycles. The van der Waals surface area contributed by atoms with Crippen LogP contribution in [-0.2, 0) is 40.4 Å². The fraction of sp³-hybridized carbons (Fsp3) is 0.286. The first kappa shape index (κ1) is 44.9. The number of benzene rings is 6. The molecule has 0 fully saturated rings. The van der Waals surface area contributed by atoms with E-state index in [-0.39, 0.29) is 12.1 Å². The average Bonchev–Trinajstić information content (AvgIpc) is 3.33. The molecule has 6 aromatic rings. The zero-order valence-corrected chi connectivity index (χ0v) is 36.2. The molecule has 1 aliphatic heterocycles. The number of hydrogen-bond donors (Lipinski definition) is 0. The summed E-state index contributed by atoms with van der Waals surface area (Å²) in [4.78, 5) is 4.94. The van der Waals surface area contributed by atoms with Crippen molar-refractivity contribution in [1.29, 1.82) is 0 Å². The smallest absolute Gasteiger partial charge is 0.123 e. The molecule has 1 aliphatic rings. The summed E-state index contributed by atoms with van der Waals surface area (Å²) in [7, 11) is 0. The Kier molecular flexibility index (Phi) is 18.3. The van der Waals surface area contributed by atoms with Gasteiger partial charge in [0.25, 0.3) is 0 Å². The topological polar surface area (TPSA) is 52.6 Å². The van der Waals surface area contributed by atoms with Crippen LogP contribution in [0.2, 0.25) is 0 Å². The predicted molar refractivity (Wildman–Crippen MR) is 251 cm³/mol. The van der Waals surface area contributed by atoms with E-state index in [9.17, 15) is 0 Å². The highest BCUT2D eigenvalue weighted by Gasteiger charge is 2.24. The molecule has 6 aromatic carbocycles. The Balaban J connectivity index is 1.10.